The average Bonchev–Trinajstić information content (AvgIpc) is 2.82. The lowest BCUT2D eigenvalue weighted by atomic mass is 9.99. The van der Waals surface area contributed by atoms with Crippen molar-refractivity contribution in [2.24, 2.45) is 0 Å². The first-order valence-corrected chi connectivity index (χ1v) is 11.2. The highest BCUT2D eigenvalue weighted by molar-refractivity contribution is 14.1. The molecule has 0 saturated carbocycles. The van der Waals surface area contributed by atoms with E-state index in [0.717, 1.165) is 38.1 Å². The molecule has 0 bridgehead atoms. The molecule has 4 aromatic rings. The Hall–Kier alpha value is -3.47. The fourth-order valence-electron chi connectivity index (χ4n) is 3.33. The Morgan fingerprint density at radius 2 is 1.71 bits per heavy atom. The summed E-state index contributed by atoms with van der Waals surface area (Å²) in [5.74, 6) is 0.0961. The van der Waals surface area contributed by atoms with Crippen LogP contribution in [0.15, 0.2) is 79.3 Å². The van der Waals surface area contributed by atoms with Gasteiger partial charge < -0.3 is 10.6 Å². The normalized spacial score (nSPS) is 11.2. The van der Waals surface area contributed by atoms with E-state index in [0.29, 0.717) is 11.5 Å². The van der Waals surface area contributed by atoms with Crippen LogP contribution in [0, 0.1) is 10.5 Å². The Labute approximate surface area is 207 Å². The number of carbonyl (C=O) groups excluding carboxylic acids is 1. The second-order valence-corrected chi connectivity index (χ2v) is 8.65. The van der Waals surface area contributed by atoms with Gasteiger partial charge in [0.05, 0.1) is 9.13 Å². The van der Waals surface area contributed by atoms with Crippen molar-refractivity contribution < 1.29 is 18.0 Å². The van der Waals surface area contributed by atoms with E-state index in [-0.39, 0.29) is 5.56 Å². The van der Waals surface area contributed by atoms with E-state index in [4.69, 9.17) is 0 Å². The minimum Gasteiger partial charge on any atom is -0.339 e. The number of halogens is 4. The highest BCUT2D eigenvalue weighted by Crippen LogP contribution is 2.31. The van der Waals surface area contributed by atoms with Crippen LogP contribution in [0.5, 0.6) is 0 Å². The Morgan fingerprint density at radius 1 is 0.971 bits per heavy atom. The third kappa shape index (κ3) is 5.53. The minimum absolute atomic E-state index is 0.0632. The first-order valence-electron chi connectivity index (χ1n) is 10.1. The van der Waals surface area contributed by atoms with E-state index in [1.807, 2.05) is 37.3 Å². The number of nitrogens with zero attached hydrogens (tertiary/aromatic N) is 2. The zero-order valence-electron chi connectivity index (χ0n) is 17.8. The van der Waals surface area contributed by atoms with Gasteiger partial charge in [0.15, 0.2) is 0 Å². The Balaban J connectivity index is 1.53. The fourth-order valence-corrected chi connectivity index (χ4v) is 3.76. The monoisotopic (exact) mass is 574 g/mol. The molecule has 2 N–H and O–H groups in total. The van der Waals surface area contributed by atoms with Gasteiger partial charge in [-0.2, -0.15) is 13.2 Å². The summed E-state index contributed by atoms with van der Waals surface area (Å²) in [6.07, 6.45) is -1.33. The summed E-state index contributed by atoms with van der Waals surface area (Å²) < 4.78 is 39.8. The van der Waals surface area contributed by atoms with Gasteiger partial charge in [-0.25, -0.2) is 9.97 Å². The molecule has 0 aliphatic heterocycles. The topological polar surface area (TPSA) is 66.9 Å². The molecule has 5 nitrogen and oxygen atoms in total. The molecule has 1 heterocycles. The lowest BCUT2D eigenvalue weighted by molar-refractivity contribution is -0.137. The van der Waals surface area contributed by atoms with Gasteiger partial charge in [0, 0.05) is 23.1 Å². The van der Waals surface area contributed by atoms with Crippen molar-refractivity contribution in [3.8, 4) is 11.1 Å². The van der Waals surface area contributed by atoms with Crippen molar-refractivity contribution in [2.45, 2.75) is 13.1 Å². The van der Waals surface area contributed by atoms with Crippen molar-refractivity contribution >= 4 is 45.7 Å². The maximum absolute atomic E-state index is 13.0. The number of anilines is 3. The molecule has 0 spiro atoms. The lowest BCUT2D eigenvalue weighted by Gasteiger charge is -2.13. The van der Waals surface area contributed by atoms with Gasteiger partial charge in [0.25, 0.3) is 5.91 Å². The van der Waals surface area contributed by atoms with E-state index >= 15 is 0 Å². The zero-order valence-corrected chi connectivity index (χ0v) is 20.0. The first-order chi connectivity index (χ1) is 16.2. The van der Waals surface area contributed by atoms with Crippen LogP contribution in [0.1, 0.15) is 21.5 Å². The predicted octanol–water partition coefficient (Wildman–Crippen LogP) is 7.07. The molecule has 0 radical (unpaired) electrons. The number of amides is 1. The third-order valence-corrected chi connectivity index (χ3v) is 5.86. The van der Waals surface area contributed by atoms with Crippen molar-refractivity contribution in [1.29, 1.82) is 0 Å². The molecule has 0 aliphatic carbocycles. The molecular formula is C25H18F3IN4O. The van der Waals surface area contributed by atoms with E-state index in [2.05, 4.69) is 43.2 Å². The summed E-state index contributed by atoms with van der Waals surface area (Å²) >= 11 is 2.15. The van der Waals surface area contributed by atoms with Crippen LogP contribution < -0.4 is 10.6 Å². The van der Waals surface area contributed by atoms with E-state index < -0.39 is 17.6 Å². The summed E-state index contributed by atoms with van der Waals surface area (Å²) in [5, 5.41) is 5.93. The summed E-state index contributed by atoms with van der Waals surface area (Å²) in [6, 6.07) is 17.4. The maximum Gasteiger partial charge on any atom is 0.416 e. The Bertz CT molecular complexity index is 1340. The molecule has 4 rings (SSSR count). The van der Waals surface area contributed by atoms with Gasteiger partial charge in [-0.15, -0.1) is 0 Å². The van der Waals surface area contributed by atoms with Crippen LogP contribution in [0.25, 0.3) is 11.1 Å². The summed E-state index contributed by atoms with van der Waals surface area (Å²) in [4.78, 5) is 20.8. The Kier molecular flexibility index (Phi) is 6.82. The number of hydrogen-bond acceptors (Lipinski definition) is 4. The van der Waals surface area contributed by atoms with E-state index in [9.17, 15) is 18.0 Å². The average molecular weight is 574 g/mol. The molecule has 0 saturated heterocycles. The Morgan fingerprint density at radius 3 is 2.41 bits per heavy atom. The number of hydrogen-bond donors (Lipinski definition) is 2. The number of aromatic nitrogens is 2. The van der Waals surface area contributed by atoms with Gasteiger partial charge in [0.2, 0.25) is 0 Å². The number of benzene rings is 3. The van der Waals surface area contributed by atoms with E-state index in [1.54, 1.807) is 18.3 Å². The number of carbonyl (C=O) groups is 1. The molecule has 1 aromatic heterocycles. The molecule has 3 aromatic carbocycles. The molecule has 1 amide bonds. The molecule has 172 valence electrons. The summed E-state index contributed by atoms with van der Waals surface area (Å²) in [5.41, 5.74) is 3.22. The second-order valence-electron chi connectivity index (χ2n) is 7.48. The van der Waals surface area contributed by atoms with Crippen LogP contribution >= 0.6 is 22.6 Å². The summed E-state index contributed by atoms with van der Waals surface area (Å²) in [6.45, 7) is 1.95. The standard InChI is InChI=1S/C25H18F3IN4O/c1-15-5-8-20(33-24(34)17-3-2-4-18(11-17)25(26,27)28)12-21(15)16-6-9-19(10-7-16)32-23-22(29)13-30-14-31-23/h2-14H,1H3,(H,33,34)(H,30,31,32). The molecule has 9 heteroatoms. The lowest BCUT2D eigenvalue weighted by Crippen LogP contribution is -2.14. The van der Waals surface area contributed by atoms with Crippen LogP contribution in [-0.4, -0.2) is 15.9 Å². The van der Waals surface area contributed by atoms with Crippen molar-refractivity contribution in [2.75, 3.05) is 10.6 Å². The third-order valence-electron chi connectivity index (χ3n) is 5.07. The van der Waals surface area contributed by atoms with E-state index in [1.165, 1.54) is 18.5 Å². The molecule has 0 unspecified atom stereocenters. The fraction of sp³-hybridized carbons (Fsp3) is 0.0800. The first kappa shape index (κ1) is 23.7. The number of nitrogens with one attached hydrogen (secondary N) is 2. The summed E-state index contributed by atoms with van der Waals surface area (Å²) in [7, 11) is 0. The number of rotatable bonds is 5. The maximum atomic E-state index is 13.0. The smallest absolute Gasteiger partial charge is 0.339 e. The van der Waals surface area contributed by atoms with Gasteiger partial charge in [-0.3, -0.25) is 4.79 Å². The van der Waals surface area contributed by atoms with Crippen LogP contribution in [-0.2, 0) is 6.18 Å². The molecule has 0 aliphatic rings. The van der Waals surface area contributed by atoms with Crippen LogP contribution in [0.4, 0.5) is 30.4 Å². The number of alkyl halides is 3. The number of aryl methyl sites for hydroxylation is 1. The van der Waals surface area contributed by atoms with Crippen molar-refractivity contribution in [3.05, 3.63) is 99.5 Å². The van der Waals surface area contributed by atoms with Crippen LogP contribution in [0.2, 0.25) is 0 Å². The second kappa shape index (κ2) is 9.80. The van der Waals surface area contributed by atoms with Gasteiger partial charge in [-0.1, -0.05) is 24.3 Å². The minimum atomic E-state index is -4.51. The predicted molar refractivity (Wildman–Crippen MR) is 134 cm³/mol. The highest BCUT2D eigenvalue weighted by atomic mass is 127. The largest absolute Gasteiger partial charge is 0.416 e. The molecule has 0 fully saturated rings. The van der Waals surface area contributed by atoms with Gasteiger partial charge in [-0.05, 0) is 88.7 Å². The zero-order chi connectivity index (χ0) is 24.3. The van der Waals surface area contributed by atoms with Crippen LogP contribution in [0.3, 0.4) is 0 Å². The van der Waals surface area contributed by atoms with Gasteiger partial charge >= 0.3 is 6.18 Å². The van der Waals surface area contributed by atoms with Crippen molar-refractivity contribution in [3.63, 3.8) is 0 Å². The highest BCUT2D eigenvalue weighted by Gasteiger charge is 2.30. The molecule has 34 heavy (non-hydrogen) atoms. The molecule has 0 atom stereocenters. The SMILES string of the molecule is Cc1ccc(NC(=O)c2cccc(C(F)(F)F)c2)cc1-c1ccc(Nc2ncncc2I)cc1. The molecular weight excluding hydrogens is 556 g/mol. The van der Waals surface area contributed by atoms with Gasteiger partial charge in [0.1, 0.15) is 12.1 Å². The quantitative estimate of drug-likeness (QED) is 0.250. The van der Waals surface area contributed by atoms with Crippen molar-refractivity contribution in [1.82, 2.24) is 9.97 Å².